The van der Waals surface area contributed by atoms with E-state index in [1.807, 2.05) is 30.3 Å². The number of hydrogen-bond acceptors (Lipinski definition) is 3. The number of rotatable bonds is 4. The van der Waals surface area contributed by atoms with E-state index in [1.54, 1.807) is 0 Å². The second-order valence-corrected chi connectivity index (χ2v) is 3.07. The van der Waals surface area contributed by atoms with Gasteiger partial charge in [0.2, 0.25) is 0 Å². The van der Waals surface area contributed by atoms with Crippen LogP contribution in [-0.4, -0.2) is 11.7 Å². The Morgan fingerprint density at radius 1 is 1.31 bits per heavy atom. The summed E-state index contributed by atoms with van der Waals surface area (Å²) in [5, 5.41) is 0. The van der Waals surface area contributed by atoms with E-state index in [-0.39, 0.29) is 5.97 Å². The molecule has 0 aliphatic heterocycles. The summed E-state index contributed by atoms with van der Waals surface area (Å²) in [6, 6.07) is 9.62. The van der Waals surface area contributed by atoms with Gasteiger partial charge >= 0.3 is 5.97 Å². The van der Waals surface area contributed by atoms with E-state index in [4.69, 9.17) is 4.74 Å². The standard InChI is InChI=1S/C10H12O2S/c11-10(6-7-13)12-8-9-4-2-1-3-5-9/h1-5,13H,6-8H2. The van der Waals surface area contributed by atoms with Gasteiger partial charge in [-0.3, -0.25) is 4.79 Å². The normalized spacial score (nSPS) is 9.62. The molecule has 1 aromatic carbocycles. The monoisotopic (exact) mass is 196 g/mol. The molecule has 0 N–H and O–H groups in total. The molecule has 0 unspecified atom stereocenters. The van der Waals surface area contributed by atoms with Crippen molar-refractivity contribution in [1.29, 1.82) is 0 Å². The minimum absolute atomic E-state index is 0.196. The maximum absolute atomic E-state index is 10.9. The fraction of sp³-hybridized carbons (Fsp3) is 0.300. The van der Waals surface area contributed by atoms with Crippen LogP contribution < -0.4 is 0 Å². The lowest BCUT2D eigenvalue weighted by Gasteiger charge is -2.02. The van der Waals surface area contributed by atoms with Gasteiger partial charge in [-0.2, -0.15) is 12.6 Å². The van der Waals surface area contributed by atoms with Crippen molar-refractivity contribution in [1.82, 2.24) is 0 Å². The molecule has 2 nitrogen and oxygen atoms in total. The van der Waals surface area contributed by atoms with Crippen molar-refractivity contribution in [2.75, 3.05) is 5.75 Å². The van der Waals surface area contributed by atoms with Crippen LogP contribution in [0, 0.1) is 0 Å². The number of thiol groups is 1. The number of hydrogen-bond donors (Lipinski definition) is 1. The van der Waals surface area contributed by atoms with Gasteiger partial charge < -0.3 is 4.74 Å². The summed E-state index contributed by atoms with van der Waals surface area (Å²) in [5.41, 5.74) is 1.01. The number of carbonyl (C=O) groups excluding carboxylic acids is 1. The number of esters is 1. The van der Waals surface area contributed by atoms with Gasteiger partial charge in [-0.15, -0.1) is 0 Å². The number of ether oxygens (including phenoxy) is 1. The van der Waals surface area contributed by atoms with Crippen LogP contribution in [0.15, 0.2) is 30.3 Å². The van der Waals surface area contributed by atoms with E-state index in [0.717, 1.165) is 5.56 Å². The van der Waals surface area contributed by atoms with Gasteiger partial charge in [0, 0.05) is 5.75 Å². The van der Waals surface area contributed by atoms with Gasteiger partial charge in [0.05, 0.1) is 6.42 Å². The van der Waals surface area contributed by atoms with Gasteiger partial charge in [-0.25, -0.2) is 0 Å². The van der Waals surface area contributed by atoms with Crippen molar-refractivity contribution in [2.24, 2.45) is 0 Å². The SMILES string of the molecule is O=C(CCS)OCc1ccccc1. The van der Waals surface area contributed by atoms with Crippen molar-refractivity contribution in [3.05, 3.63) is 35.9 Å². The highest BCUT2D eigenvalue weighted by Gasteiger charge is 2.00. The lowest BCUT2D eigenvalue weighted by Crippen LogP contribution is -2.04. The quantitative estimate of drug-likeness (QED) is 0.589. The molecule has 0 heterocycles. The average molecular weight is 196 g/mol. The van der Waals surface area contributed by atoms with Gasteiger partial charge in [0.1, 0.15) is 6.61 Å². The fourth-order valence-electron chi connectivity index (χ4n) is 0.902. The summed E-state index contributed by atoms with van der Waals surface area (Å²) < 4.78 is 4.98. The van der Waals surface area contributed by atoms with Crippen LogP contribution >= 0.6 is 12.6 Å². The molecule has 0 saturated heterocycles. The predicted molar refractivity (Wildman–Crippen MR) is 54.7 cm³/mol. The summed E-state index contributed by atoms with van der Waals surface area (Å²) >= 11 is 3.94. The van der Waals surface area contributed by atoms with Crippen LogP contribution in [0.25, 0.3) is 0 Å². The van der Waals surface area contributed by atoms with E-state index in [1.165, 1.54) is 0 Å². The molecule has 0 saturated carbocycles. The zero-order valence-corrected chi connectivity index (χ0v) is 8.17. The maximum atomic E-state index is 10.9. The van der Waals surface area contributed by atoms with Gasteiger partial charge in [0.25, 0.3) is 0 Å². The first-order valence-corrected chi connectivity index (χ1v) is 4.76. The first-order chi connectivity index (χ1) is 6.33. The van der Waals surface area contributed by atoms with Crippen LogP contribution in [0.4, 0.5) is 0 Å². The molecule has 3 heteroatoms. The van der Waals surface area contributed by atoms with Crippen LogP contribution in [0.3, 0.4) is 0 Å². The smallest absolute Gasteiger partial charge is 0.306 e. The zero-order chi connectivity index (χ0) is 9.52. The molecule has 0 spiro atoms. The summed E-state index contributed by atoms with van der Waals surface area (Å²) in [6.45, 7) is 0.355. The van der Waals surface area contributed by atoms with Crippen LogP contribution in [0.2, 0.25) is 0 Å². The van der Waals surface area contributed by atoms with Gasteiger partial charge in [-0.05, 0) is 5.56 Å². The van der Waals surface area contributed by atoms with Crippen LogP contribution in [0.1, 0.15) is 12.0 Å². The number of benzene rings is 1. The molecular weight excluding hydrogens is 184 g/mol. The third-order valence-corrected chi connectivity index (χ3v) is 1.78. The Kier molecular flexibility index (Phi) is 4.40. The molecule has 0 aliphatic rings. The van der Waals surface area contributed by atoms with Crippen LogP contribution in [0.5, 0.6) is 0 Å². The Bertz CT molecular complexity index is 259. The summed E-state index contributed by atoms with van der Waals surface area (Å²) in [6.07, 6.45) is 0.371. The first kappa shape index (κ1) is 10.1. The average Bonchev–Trinajstić information content (AvgIpc) is 2.17. The minimum atomic E-state index is -0.196. The predicted octanol–water partition coefficient (Wildman–Crippen LogP) is 2.05. The Morgan fingerprint density at radius 3 is 2.62 bits per heavy atom. The topological polar surface area (TPSA) is 26.3 Å². The van der Waals surface area contributed by atoms with E-state index in [2.05, 4.69) is 12.6 Å². The molecule has 0 bridgehead atoms. The third kappa shape index (κ3) is 3.99. The summed E-state index contributed by atoms with van der Waals surface area (Å²) in [4.78, 5) is 10.9. The Balaban J connectivity index is 2.31. The van der Waals surface area contributed by atoms with E-state index in [0.29, 0.717) is 18.8 Å². The van der Waals surface area contributed by atoms with Crippen molar-refractivity contribution in [2.45, 2.75) is 13.0 Å². The van der Waals surface area contributed by atoms with E-state index in [9.17, 15) is 4.79 Å². The summed E-state index contributed by atoms with van der Waals surface area (Å²) in [7, 11) is 0. The van der Waals surface area contributed by atoms with Gasteiger partial charge in [0.15, 0.2) is 0 Å². The lowest BCUT2D eigenvalue weighted by molar-refractivity contribution is -0.144. The second-order valence-electron chi connectivity index (χ2n) is 2.62. The van der Waals surface area contributed by atoms with Crippen LogP contribution in [-0.2, 0) is 16.1 Å². The Hall–Kier alpha value is -0.960. The second kappa shape index (κ2) is 5.65. The van der Waals surface area contributed by atoms with Crippen molar-refractivity contribution >= 4 is 18.6 Å². The first-order valence-electron chi connectivity index (χ1n) is 4.13. The molecule has 70 valence electrons. The maximum Gasteiger partial charge on any atom is 0.306 e. The third-order valence-electron chi connectivity index (χ3n) is 1.56. The number of carbonyl (C=O) groups is 1. The van der Waals surface area contributed by atoms with E-state index >= 15 is 0 Å². The highest BCUT2D eigenvalue weighted by atomic mass is 32.1. The Morgan fingerprint density at radius 2 is 2.00 bits per heavy atom. The van der Waals surface area contributed by atoms with E-state index < -0.39 is 0 Å². The van der Waals surface area contributed by atoms with Crippen molar-refractivity contribution in [3.63, 3.8) is 0 Å². The molecule has 0 fully saturated rings. The Labute approximate surface area is 83.3 Å². The lowest BCUT2D eigenvalue weighted by atomic mass is 10.2. The zero-order valence-electron chi connectivity index (χ0n) is 7.27. The molecule has 0 atom stereocenters. The molecule has 13 heavy (non-hydrogen) atoms. The van der Waals surface area contributed by atoms with Crippen molar-refractivity contribution in [3.8, 4) is 0 Å². The highest BCUT2D eigenvalue weighted by Crippen LogP contribution is 2.01. The molecule has 1 aromatic rings. The minimum Gasteiger partial charge on any atom is -0.461 e. The van der Waals surface area contributed by atoms with Gasteiger partial charge in [-0.1, -0.05) is 30.3 Å². The molecule has 1 rings (SSSR count). The molecular formula is C10H12O2S. The van der Waals surface area contributed by atoms with Crippen molar-refractivity contribution < 1.29 is 9.53 Å². The molecule has 0 amide bonds. The highest BCUT2D eigenvalue weighted by molar-refractivity contribution is 7.80. The molecule has 0 aliphatic carbocycles. The summed E-state index contributed by atoms with van der Waals surface area (Å²) in [5.74, 6) is 0.340. The fourth-order valence-corrected chi connectivity index (χ4v) is 1.08. The largest absolute Gasteiger partial charge is 0.461 e. The molecule has 0 aromatic heterocycles. The molecule has 0 radical (unpaired) electrons.